The Morgan fingerprint density at radius 1 is 1.37 bits per heavy atom. The van der Waals surface area contributed by atoms with Gasteiger partial charge in [0.2, 0.25) is 0 Å². The topological polar surface area (TPSA) is 58.4 Å². The van der Waals surface area contributed by atoms with E-state index >= 15 is 0 Å². The second-order valence-corrected chi connectivity index (χ2v) is 5.56. The number of aromatic nitrogens is 2. The zero-order valence-electron chi connectivity index (χ0n) is 11.5. The molecule has 2 aliphatic heterocycles. The lowest BCUT2D eigenvalue weighted by Crippen LogP contribution is -2.41. The van der Waals surface area contributed by atoms with Crippen LogP contribution in [0, 0.1) is 12.8 Å². The highest BCUT2D eigenvalue weighted by Gasteiger charge is 2.48. The van der Waals surface area contributed by atoms with Crippen LogP contribution in [0.25, 0.3) is 0 Å². The van der Waals surface area contributed by atoms with Crippen LogP contribution in [-0.4, -0.2) is 39.2 Å². The number of hydrogen-bond acceptors (Lipinski definition) is 3. The van der Waals surface area contributed by atoms with E-state index in [2.05, 4.69) is 12.0 Å². The van der Waals surface area contributed by atoms with Crippen LogP contribution >= 0.6 is 0 Å². The van der Waals surface area contributed by atoms with E-state index in [1.54, 1.807) is 22.7 Å². The molecule has 1 aromatic rings. The third-order valence-electron chi connectivity index (χ3n) is 4.01. The van der Waals surface area contributed by atoms with Crippen molar-refractivity contribution in [1.82, 2.24) is 14.7 Å². The SMILES string of the molecule is Cc1cc(N2C(=O)[C@@H]3C[C@@H](C)CCN3C2=O)n(C)n1. The molecule has 2 atom stereocenters. The summed E-state index contributed by atoms with van der Waals surface area (Å²) in [6, 6.07) is 1.29. The Kier molecular flexibility index (Phi) is 2.62. The molecule has 6 nitrogen and oxygen atoms in total. The molecule has 0 aliphatic carbocycles. The fourth-order valence-electron chi connectivity index (χ4n) is 2.99. The third kappa shape index (κ3) is 1.74. The smallest absolute Gasteiger partial charge is 0.312 e. The molecule has 2 aliphatic rings. The van der Waals surface area contributed by atoms with Gasteiger partial charge in [0.1, 0.15) is 11.9 Å². The highest BCUT2D eigenvalue weighted by atomic mass is 16.2. The van der Waals surface area contributed by atoms with Gasteiger partial charge in [-0.1, -0.05) is 6.92 Å². The molecule has 0 N–H and O–H groups in total. The quantitative estimate of drug-likeness (QED) is 0.717. The Balaban J connectivity index is 1.97. The van der Waals surface area contributed by atoms with Crippen molar-refractivity contribution < 1.29 is 9.59 Å². The van der Waals surface area contributed by atoms with Crippen molar-refractivity contribution in [3.05, 3.63) is 11.8 Å². The van der Waals surface area contributed by atoms with Crippen molar-refractivity contribution in [3.63, 3.8) is 0 Å². The van der Waals surface area contributed by atoms with Crippen LogP contribution in [0.5, 0.6) is 0 Å². The number of piperidine rings is 1. The average molecular weight is 262 g/mol. The van der Waals surface area contributed by atoms with Crippen LogP contribution in [-0.2, 0) is 11.8 Å². The number of carbonyl (C=O) groups excluding carboxylic acids is 2. The molecular weight excluding hydrogens is 244 g/mol. The van der Waals surface area contributed by atoms with Crippen molar-refractivity contribution in [3.8, 4) is 0 Å². The highest BCUT2D eigenvalue weighted by molar-refractivity contribution is 6.21. The summed E-state index contributed by atoms with van der Waals surface area (Å²) < 4.78 is 1.59. The van der Waals surface area contributed by atoms with Crippen LogP contribution in [0.3, 0.4) is 0 Å². The van der Waals surface area contributed by atoms with Gasteiger partial charge in [0, 0.05) is 19.7 Å². The minimum atomic E-state index is -0.286. The Bertz CT molecular complexity index is 551. The van der Waals surface area contributed by atoms with E-state index in [0.29, 0.717) is 18.3 Å². The van der Waals surface area contributed by atoms with Crippen LogP contribution in [0.15, 0.2) is 6.07 Å². The van der Waals surface area contributed by atoms with Crippen molar-refractivity contribution in [1.29, 1.82) is 0 Å². The number of fused-ring (bicyclic) bond motifs is 1. The minimum Gasteiger partial charge on any atom is -0.312 e. The highest BCUT2D eigenvalue weighted by Crippen LogP contribution is 2.32. The predicted octanol–water partition coefficient (Wildman–Crippen LogP) is 1.30. The fraction of sp³-hybridized carbons (Fsp3) is 0.615. The van der Waals surface area contributed by atoms with Gasteiger partial charge in [0.05, 0.1) is 5.69 Å². The van der Waals surface area contributed by atoms with Gasteiger partial charge in [-0.15, -0.1) is 0 Å². The zero-order valence-corrected chi connectivity index (χ0v) is 11.5. The number of carbonyl (C=O) groups is 2. The molecule has 0 spiro atoms. The standard InChI is InChI=1S/C13H18N4O2/c1-8-4-5-16-10(6-8)12(18)17(13(16)19)11-7-9(2)14-15(11)3/h7-8,10H,4-6H2,1-3H3/t8-,10-/m0/s1. The van der Waals surface area contributed by atoms with Gasteiger partial charge >= 0.3 is 6.03 Å². The second kappa shape index (κ2) is 4.08. The molecule has 6 heteroatoms. The molecule has 0 saturated carbocycles. The Morgan fingerprint density at radius 3 is 2.74 bits per heavy atom. The Hall–Kier alpha value is -1.85. The largest absolute Gasteiger partial charge is 0.333 e. The van der Waals surface area contributed by atoms with Crippen molar-refractivity contribution in [2.45, 2.75) is 32.7 Å². The first-order chi connectivity index (χ1) is 8.99. The average Bonchev–Trinajstić information content (AvgIpc) is 2.78. The van der Waals surface area contributed by atoms with E-state index in [9.17, 15) is 9.59 Å². The molecule has 2 saturated heterocycles. The molecule has 1 aromatic heterocycles. The number of nitrogens with zero attached hydrogens (tertiary/aromatic N) is 4. The lowest BCUT2D eigenvalue weighted by atomic mass is 9.93. The summed E-state index contributed by atoms with van der Waals surface area (Å²) in [4.78, 5) is 27.9. The lowest BCUT2D eigenvalue weighted by molar-refractivity contribution is -0.120. The first-order valence-electron chi connectivity index (χ1n) is 6.64. The third-order valence-corrected chi connectivity index (χ3v) is 4.01. The molecule has 2 fully saturated rings. The van der Waals surface area contributed by atoms with Gasteiger partial charge in [0.15, 0.2) is 0 Å². The van der Waals surface area contributed by atoms with Gasteiger partial charge in [-0.25, -0.2) is 9.69 Å². The Labute approximate surface area is 112 Å². The summed E-state index contributed by atoms with van der Waals surface area (Å²) in [6.45, 7) is 4.65. The summed E-state index contributed by atoms with van der Waals surface area (Å²) in [7, 11) is 1.75. The summed E-state index contributed by atoms with van der Waals surface area (Å²) in [5.41, 5.74) is 0.802. The van der Waals surface area contributed by atoms with Gasteiger partial charge < -0.3 is 4.90 Å². The lowest BCUT2D eigenvalue weighted by Gasteiger charge is -2.30. The predicted molar refractivity (Wildman–Crippen MR) is 69.7 cm³/mol. The molecule has 0 radical (unpaired) electrons. The first kappa shape index (κ1) is 12.2. The van der Waals surface area contributed by atoms with Crippen molar-refractivity contribution >= 4 is 17.8 Å². The zero-order chi connectivity index (χ0) is 13.7. The van der Waals surface area contributed by atoms with Crippen molar-refractivity contribution in [2.75, 3.05) is 11.4 Å². The monoisotopic (exact) mass is 262 g/mol. The van der Waals surface area contributed by atoms with Crippen molar-refractivity contribution in [2.24, 2.45) is 13.0 Å². The first-order valence-corrected chi connectivity index (χ1v) is 6.64. The number of rotatable bonds is 1. The maximum Gasteiger partial charge on any atom is 0.333 e. The number of amides is 3. The van der Waals surface area contributed by atoms with E-state index in [4.69, 9.17) is 0 Å². The van der Waals surface area contributed by atoms with E-state index in [0.717, 1.165) is 18.5 Å². The number of aryl methyl sites for hydroxylation is 2. The van der Waals surface area contributed by atoms with Gasteiger partial charge in [-0.2, -0.15) is 5.10 Å². The molecule has 0 unspecified atom stereocenters. The van der Waals surface area contributed by atoms with Crippen LogP contribution < -0.4 is 4.90 Å². The van der Waals surface area contributed by atoms with E-state index in [1.807, 2.05) is 6.92 Å². The second-order valence-electron chi connectivity index (χ2n) is 5.56. The van der Waals surface area contributed by atoms with Gasteiger partial charge in [0.25, 0.3) is 5.91 Å². The van der Waals surface area contributed by atoms with E-state index in [1.165, 1.54) is 4.90 Å². The van der Waals surface area contributed by atoms with Crippen LogP contribution in [0.1, 0.15) is 25.5 Å². The Morgan fingerprint density at radius 2 is 2.11 bits per heavy atom. The van der Waals surface area contributed by atoms with Gasteiger partial charge in [-0.05, 0) is 25.7 Å². The molecule has 19 heavy (non-hydrogen) atoms. The van der Waals surface area contributed by atoms with Crippen LogP contribution in [0.2, 0.25) is 0 Å². The number of hydrogen-bond donors (Lipinski definition) is 0. The number of imide groups is 1. The molecule has 3 rings (SSSR count). The molecule has 3 amide bonds. The summed E-state index contributed by atoms with van der Waals surface area (Å²) in [5, 5.41) is 4.21. The fourth-order valence-corrected chi connectivity index (χ4v) is 2.99. The maximum absolute atomic E-state index is 12.5. The molecule has 3 heterocycles. The molecular formula is C13H18N4O2. The maximum atomic E-state index is 12.5. The van der Waals surface area contributed by atoms with Gasteiger partial charge in [-0.3, -0.25) is 9.48 Å². The number of anilines is 1. The van der Waals surface area contributed by atoms with E-state index < -0.39 is 0 Å². The minimum absolute atomic E-state index is 0.112. The van der Waals surface area contributed by atoms with Crippen LogP contribution in [0.4, 0.5) is 10.6 Å². The summed E-state index contributed by atoms with van der Waals surface area (Å²) >= 11 is 0. The molecule has 0 bridgehead atoms. The summed E-state index contributed by atoms with van der Waals surface area (Å²) in [6.07, 6.45) is 1.73. The molecule has 0 aromatic carbocycles. The van der Waals surface area contributed by atoms with E-state index in [-0.39, 0.29) is 18.0 Å². The number of urea groups is 1. The summed E-state index contributed by atoms with van der Waals surface area (Å²) in [5.74, 6) is 0.945. The normalized spacial score (nSPS) is 27.1. The molecule has 102 valence electrons.